The van der Waals surface area contributed by atoms with E-state index in [1.54, 1.807) is 11.1 Å². The molecular weight excluding hydrogens is 446 g/mol. The molecule has 37 heavy (non-hydrogen) atoms. The normalized spacial score (nSPS) is 22.8. The molecular formula is C36H35N. The van der Waals surface area contributed by atoms with Gasteiger partial charge in [0, 0.05) is 11.9 Å². The summed E-state index contributed by atoms with van der Waals surface area (Å²) in [5.41, 5.74) is 11.7. The van der Waals surface area contributed by atoms with Gasteiger partial charge in [-0.05, 0) is 131 Å². The van der Waals surface area contributed by atoms with E-state index in [0.29, 0.717) is 0 Å². The molecule has 4 aliphatic carbocycles. The van der Waals surface area contributed by atoms with Crippen molar-refractivity contribution in [2.24, 2.45) is 10.9 Å². The molecule has 5 aliphatic rings. The molecule has 0 spiro atoms. The smallest absolute Gasteiger partial charge is 0.0305 e. The quantitative estimate of drug-likeness (QED) is 0.420. The average Bonchev–Trinajstić information content (AvgIpc) is 2.96. The zero-order chi connectivity index (χ0) is 24.8. The van der Waals surface area contributed by atoms with Gasteiger partial charge in [0.15, 0.2) is 0 Å². The maximum absolute atomic E-state index is 4.73. The Bertz CT molecular complexity index is 1640. The van der Waals surface area contributed by atoms with Crippen molar-refractivity contribution < 1.29 is 0 Å². The molecule has 0 saturated carbocycles. The second-order valence-corrected chi connectivity index (χ2v) is 11.2. The first-order valence-corrected chi connectivity index (χ1v) is 14.2. The van der Waals surface area contributed by atoms with Crippen molar-refractivity contribution in [2.75, 3.05) is 0 Å². The van der Waals surface area contributed by atoms with Gasteiger partial charge in [-0.25, -0.2) is 0 Å². The molecule has 0 N–H and O–H groups in total. The Balaban J connectivity index is 1.37. The van der Waals surface area contributed by atoms with Gasteiger partial charge in [0.05, 0.1) is 0 Å². The molecule has 0 radical (unpaired) electrons. The van der Waals surface area contributed by atoms with Crippen molar-refractivity contribution in [3.63, 3.8) is 0 Å². The third-order valence-electron chi connectivity index (χ3n) is 8.98. The topological polar surface area (TPSA) is 12.4 Å². The summed E-state index contributed by atoms with van der Waals surface area (Å²) in [7, 11) is 0. The highest BCUT2D eigenvalue weighted by Gasteiger charge is 2.24. The molecule has 0 saturated heterocycles. The SMILES string of the molecule is CC1=NC=C(c2c3c(c(C4=CC=C(C5=CC6=CC=CCC6CC5)CC4)c4ccccc24)=CCCC=3)CC1. The average molecular weight is 482 g/mol. The fraction of sp³-hybridized carbons (Fsp3) is 0.306. The predicted molar refractivity (Wildman–Crippen MR) is 160 cm³/mol. The van der Waals surface area contributed by atoms with Crippen LogP contribution in [0.3, 0.4) is 0 Å². The fourth-order valence-corrected chi connectivity index (χ4v) is 6.99. The van der Waals surface area contributed by atoms with Crippen molar-refractivity contribution in [1.82, 2.24) is 0 Å². The van der Waals surface area contributed by atoms with Crippen LogP contribution in [0.2, 0.25) is 0 Å². The summed E-state index contributed by atoms with van der Waals surface area (Å²) in [6, 6.07) is 9.11. The Kier molecular flexibility index (Phi) is 5.80. The number of nitrogens with zero attached hydrogens (tertiary/aromatic N) is 1. The third-order valence-corrected chi connectivity index (χ3v) is 8.98. The Morgan fingerprint density at radius 2 is 1.43 bits per heavy atom. The summed E-state index contributed by atoms with van der Waals surface area (Å²) >= 11 is 0. The Labute approximate surface area is 220 Å². The van der Waals surface area contributed by atoms with Crippen LogP contribution >= 0.6 is 0 Å². The van der Waals surface area contributed by atoms with Crippen molar-refractivity contribution in [2.45, 2.75) is 64.7 Å². The highest BCUT2D eigenvalue weighted by atomic mass is 14.7. The van der Waals surface area contributed by atoms with Crippen LogP contribution in [0.4, 0.5) is 0 Å². The van der Waals surface area contributed by atoms with Gasteiger partial charge in [0.1, 0.15) is 0 Å². The maximum atomic E-state index is 4.73. The third kappa shape index (κ3) is 4.06. The van der Waals surface area contributed by atoms with Crippen LogP contribution in [0.5, 0.6) is 0 Å². The highest BCUT2D eigenvalue weighted by Crippen LogP contribution is 2.40. The lowest BCUT2D eigenvalue weighted by molar-refractivity contribution is 0.554. The summed E-state index contributed by atoms with van der Waals surface area (Å²) in [5.74, 6) is 0.737. The minimum atomic E-state index is 0.737. The molecule has 1 nitrogen and oxygen atoms in total. The van der Waals surface area contributed by atoms with Gasteiger partial charge < -0.3 is 0 Å². The van der Waals surface area contributed by atoms with Gasteiger partial charge in [-0.2, -0.15) is 0 Å². The van der Waals surface area contributed by atoms with Gasteiger partial charge in [-0.3, -0.25) is 4.99 Å². The van der Waals surface area contributed by atoms with Gasteiger partial charge in [0.2, 0.25) is 0 Å². The lowest BCUT2D eigenvalue weighted by Gasteiger charge is -2.28. The Morgan fingerprint density at radius 3 is 2.14 bits per heavy atom. The predicted octanol–water partition coefficient (Wildman–Crippen LogP) is 8.12. The summed E-state index contributed by atoms with van der Waals surface area (Å²) in [6.45, 7) is 2.14. The van der Waals surface area contributed by atoms with Crippen LogP contribution in [0.1, 0.15) is 75.8 Å². The Morgan fingerprint density at radius 1 is 0.730 bits per heavy atom. The molecule has 2 aromatic carbocycles. The van der Waals surface area contributed by atoms with E-state index in [1.165, 1.54) is 74.0 Å². The largest absolute Gasteiger partial charge is 0.266 e. The minimum absolute atomic E-state index is 0.737. The van der Waals surface area contributed by atoms with Crippen LogP contribution < -0.4 is 10.4 Å². The second kappa shape index (κ2) is 9.45. The molecule has 2 aromatic rings. The second-order valence-electron chi connectivity index (χ2n) is 11.2. The molecule has 1 atom stereocenters. The number of hydrogen-bond acceptors (Lipinski definition) is 1. The minimum Gasteiger partial charge on any atom is -0.266 e. The van der Waals surface area contributed by atoms with Crippen molar-refractivity contribution >= 4 is 39.8 Å². The summed E-state index contributed by atoms with van der Waals surface area (Å²) in [4.78, 5) is 4.73. The van der Waals surface area contributed by atoms with Crippen LogP contribution in [-0.4, -0.2) is 5.71 Å². The number of aliphatic imine (C=N–C) groups is 1. The first-order valence-electron chi connectivity index (χ1n) is 14.2. The molecule has 1 aliphatic heterocycles. The standard InChI is InChI=1S/C36H35N/c1-24-14-15-30(23-37-24)36-33-12-6-4-10-31(33)35(32-11-5-7-13-34(32)36)27-19-16-26(17-20-27)29-21-18-25-8-2-3-9-28(25)22-29/h2-4,6,9-13,16,19,22-23,25H,5,7-8,14-15,17-18,20-21H2,1H3. The summed E-state index contributed by atoms with van der Waals surface area (Å²) in [5, 5.41) is 5.68. The van der Waals surface area contributed by atoms with E-state index < -0.39 is 0 Å². The van der Waals surface area contributed by atoms with Crippen LogP contribution in [-0.2, 0) is 0 Å². The summed E-state index contributed by atoms with van der Waals surface area (Å²) < 4.78 is 0. The number of benzene rings is 2. The molecule has 1 heteroatoms. The van der Waals surface area contributed by atoms with E-state index in [4.69, 9.17) is 4.99 Å². The van der Waals surface area contributed by atoms with E-state index >= 15 is 0 Å². The lowest BCUT2D eigenvalue weighted by atomic mass is 9.77. The number of hydrogen-bond donors (Lipinski definition) is 0. The number of allylic oxidation sites excluding steroid dienone is 11. The molecule has 0 bridgehead atoms. The highest BCUT2D eigenvalue weighted by molar-refractivity contribution is 6.02. The molecule has 184 valence electrons. The molecule has 1 heterocycles. The first-order chi connectivity index (χ1) is 18.3. The lowest BCUT2D eigenvalue weighted by Crippen LogP contribution is -2.34. The van der Waals surface area contributed by atoms with Gasteiger partial charge in [-0.1, -0.05) is 72.9 Å². The van der Waals surface area contributed by atoms with Crippen LogP contribution in [0, 0.1) is 5.92 Å². The van der Waals surface area contributed by atoms with Gasteiger partial charge in [0.25, 0.3) is 0 Å². The Hall–Kier alpha value is -3.45. The van der Waals surface area contributed by atoms with E-state index in [2.05, 4.69) is 86.0 Å². The van der Waals surface area contributed by atoms with Crippen LogP contribution in [0.25, 0.3) is 34.1 Å². The zero-order valence-corrected chi connectivity index (χ0v) is 21.9. The molecule has 7 rings (SSSR count). The van der Waals surface area contributed by atoms with E-state index in [1.807, 2.05) is 0 Å². The monoisotopic (exact) mass is 481 g/mol. The van der Waals surface area contributed by atoms with E-state index in [0.717, 1.165) is 44.4 Å². The zero-order valence-electron chi connectivity index (χ0n) is 21.9. The van der Waals surface area contributed by atoms with Crippen molar-refractivity contribution in [1.29, 1.82) is 0 Å². The fourth-order valence-electron chi connectivity index (χ4n) is 6.99. The van der Waals surface area contributed by atoms with E-state index in [9.17, 15) is 0 Å². The number of rotatable bonds is 3. The van der Waals surface area contributed by atoms with Crippen LogP contribution in [0.15, 0.2) is 88.6 Å². The van der Waals surface area contributed by atoms with Gasteiger partial charge >= 0.3 is 0 Å². The van der Waals surface area contributed by atoms with E-state index in [-0.39, 0.29) is 0 Å². The van der Waals surface area contributed by atoms with Crippen molar-refractivity contribution in [3.8, 4) is 0 Å². The molecule has 0 fully saturated rings. The maximum Gasteiger partial charge on any atom is 0.0305 e. The first kappa shape index (κ1) is 22.7. The summed E-state index contributed by atoms with van der Waals surface area (Å²) in [6.07, 6.45) is 31.8. The van der Waals surface area contributed by atoms with Crippen molar-refractivity contribution in [3.05, 3.63) is 105 Å². The number of fused-ring (bicyclic) bond motifs is 3. The van der Waals surface area contributed by atoms with Gasteiger partial charge in [-0.15, -0.1) is 0 Å². The molecule has 1 unspecified atom stereocenters. The molecule has 0 aromatic heterocycles. The molecule has 0 amide bonds.